The number of benzene rings is 17. The summed E-state index contributed by atoms with van der Waals surface area (Å²) in [6, 6.07) is 146. The van der Waals surface area contributed by atoms with Gasteiger partial charge >= 0.3 is 0 Å². The van der Waals surface area contributed by atoms with Crippen LogP contribution in [-0.2, 0) is 0 Å². The second-order valence-corrected chi connectivity index (χ2v) is 27.5. The number of rotatable bonds is 12. The monoisotopic (exact) mass is 1370 g/mol. The van der Waals surface area contributed by atoms with E-state index < -0.39 is 0 Å². The molecule has 0 saturated carbocycles. The number of fused-ring (bicyclic) bond motifs is 11. The Morgan fingerprint density at radius 1 is 0.168 bits per heavy atom. The van der Waals surface area contributed by atoms with Crippen LogP contribution in [0, 0.1) is 0 Å². The molecule has 0 atom stereocenters. The molecule has 17 aromatic carbocycles. The number of aromatic nitrogens is 3. The highest BCUT2D eigenvalue weighted by atomic mass is 15.1. The Kier molecular flexibility index (Phi) is 17.3. The summed E-state index contributed by atoms with van der Waals surface area (Å²) in [5.41, 5.74) is 25.2. The average molecular weight is 1370 g/mol. The Morgan fingerprint density at radius 3 is 0.879 bits per heavy atom. The molecule has 20 aromatic rings. The average Bonchev–Trinajstić information content (AvgIpc) is 1.60. The van der Waals surface area contributed by atoms with Crippen molar-refractivity contribution in [3.05, 3.63) is 406 Å². The van der Waals surface area contributed by atoms with Gasteiger partial charge in [0.05, 0.1) is 33.1 Å². The quantitative estimate of drug-likeness (QED) is 0.122. The third-order valence-corrected chi connectivity index (χ3v) is 21.2. The second kappa shape index (κ2) is 28.4. The van der Waals surface area contributed by atoms with Crippen LogP contribution >= 0.6 is 0 Å². The number of hydrogen-bond acceptors (Lipinski definition) is 3. The summed E-state index contributed by atoms with van der Waals surface area (Å²) < 4.78 is 7.12. The van der Waals surface area contributed by atoms with E-state index in [9.17, 15) is 0 Å². The lowest BCUT2D eigenvalue weighted by molar-refractivity contribution is 1.17. The van der Waals surface area contributed by atoms with E-state index in [1.807, 2.05) is 0 Å². The molecular formula is C101H76N6. The van der Waals surface area contributed by atoms with E-state index in [1.165, 1.54) is 172 Å². The van der Waals surface area contributed by atoms with Gasteiger partial charge in [0.25, 0.3) is 0 Å². The van der Waals surface area contributed by atoms with Crippen LogP contribution in [0.1, 0.15) is 0 Å². The van der Waals surface area contributed by atoms with Gasteiger partial charge < -0.3 is 28.4 Å². The normalized spacial score (nSPS) is 11.3. The van der Waals surface area contributed by atoms with Crippen LogP contribution in [0.4, 0.5) is 34.1 Å². The first-order valence-electron chi connectivity index (χ1n) is 36.6. The Bertz CT molecular complexity index is 6580. The lowest BCUT2D eigenvalue weighted by Crippen LogP contribution is -2.08. The third kappa shape index (κ3) is 12.4. The van der Waals surface area contributed by atoms with Crippen molar-refractivity contribution in [2.75, 3.05) is 35.8 Å². The molecule has 0 unspecified atom stereocenters. The first kappa shape index (κ1) is 65.1. The summed E-state index contributed by atoms with van der Waals surface area (Å²) in [5, 5.41) is 12.6. The number of anilines is 6. The Morgan fingerprint density at radius 2 is 0.458 bits per heavy atom. The summed E-state index contributed by atoms with van der Waals surface area (Å²) in [5.74, 6) is 0. The van der Waals surface area contributed by atoms with Gasteiger partial charge in [0.15, 0.2) is 0 Å². The summed E-state index contributed by atoms with van der Waals surface area (Å²) in [6.45, 7) is 0. The number of hydrogen-bond donors (Lipinski definition) is 0. The maximum absolute atomic E-state index is 2.38. The van der Waals surface area contributed by atoms with Crippen LogP contribution in [0.15, 0.2) is 406 Å². The molecule has 0 aliphatic rings. The summed E-state index contributed by atoms with van der Waals surface area (Å²) in [7, 11) is 6.39. The van der Waals surface area contributed by atoms with E-state index in [0.717, 1.165) is 0 Å². The van der Waals surface area contributed by atoms with Gasteiger partial charge in [-0.1, -0.05) is 237 Å². The van der Waals surface area contributed by atoms with Crippen LogP contribution in [0.25, 0.3) is 137 Å². The molecule has 107 heavy (non-hydrogen) atoms. The first-order chi connectivity index (χ1) is 52.8. The van der Waals surface area contributed by atoms with Gasteiger partial charge in [0, 0.05) is 105 Å². The molecule has 0 bridgehead atoms. The van der Waals surface area contributed by atoms with Crippen molar-refractivity contribution in [3.8, 4) is 50.4 Å². The highest BCUT2D eigenvalue weighted by Gasteiger charge is 2.20. The van der Waals surface area contributed by atoms with Crippen molar-refractivity contribution in [1.29, 1.82) is 0 Å². The smallest absolute Gasteiger partial charge is 0.0542 e. The molecule has 0 aliphatic heterocycles. The van der Waals surface area contributed by atoms with Gasteiger partial charge in [-0.15, -0.1) is 0 Å². The molecule has 0 fully saturated rings. The van der Waals surface area contributed by atoms with Gasteiger partial charge in [-0.05, 0) is 225 Å². The molecule has 0 spiro atoms. The predicted octanol–water partition coefficient (Wildman–Crippen LogP) is 27.0. The van der Waals surface area contributed by atoms with E-state index in [4.69, 9.17) is 0 Å². The molecule has 510 valence electrons. The van der Waals surface area contributed by atoms with Crippen LogP contribution in [0.5, 0.6) is 0 Å². The van der Waals surface area contributed by atoms with E-state index >= 15 is 0 Å². The second-order valence-electron chi connectivity index (χ2n) is 27.5. The highest BCUT2D eigenvalue weighted by molar-refractivity contribution is 6.15. The van der Waals surface area contributed by atoms with Crippen LogP contribution in [-0.4, -0.2) is 34.8 Å². The minimum absolute atomic E-state index is 1.17. The van der Waals surface area contributed by atoms with Crippen LogP contribution < -0.4 is 14.7 Å². The SMILES string of the molecule is CN(c1ccccc1)c1ccc2c(c1)c1cc(-c3ccc4ccccc4c3)ccc1n2-c1ccccc1.CN(c1ccccc1)c1ccc2c(c1)c1cc(-c3cccc4ccccc34)ccc1n2-c1ccccc1.CN(c1ccccc1)c1ccc2c(c1)c1cc(-c3ccccc3)ccc1n2-c1ccccc1. The largest absolute Gasteiger partial charge is 0.345 e. The van der Waals surface area contributed by atoms with Crippen molar-refractivity contribution in [3.63, 3.8) is 0 Å². The predicted molar refractivity (Wildman–Crippen MR) is 457 cm³/mol. The molecule has 6 heteroatoms. The van der Waals surface area contributed by atoms with E-state index in [-0.39, 0.29) is 0 Å². The maximum Gasteiger partial charge on any atom is 0.0542 e. The Hall–Kier alpha value is -13.9. The molecule has 3 heterocycles. The van der Waals surface area contributed by atoms with E-state index in [0.29, 0.717) is 0 Å². The topological polar surface area (TPSA) is 24.5 Å². The van der Waals surface area contributed by atoms with Crippen molar-refractivity contribution < 1.29 is 0 Å². The number of nitrogens with zero attached hydrogens (tertiary/aromatic N) is 6. The van der Waals surface area contributed by atoms with E-state index in [1.54, 1.807) is 0 Å². The summed E-state index contributed by atoms with van der Waals surface area (Å²) in [6.07, 6.45) is 0. The molecule has 6 nitrogen and oxygen atoms in total. The molecule has 0 saturated heterocycles. The molecule has 0 aliphatic carbocycles. The molecular weight excluding hydrogens is 1300 g/mol. The molecule has 20 rings (SSSR count). The standard InChI is InChI=1S/2C35H26N2.C31H24N2/c1-36(27-13-4-2-5-14-27)29-20-22-35-33(24-29)32-23-26(31-18-10-12-25-11-8-9-17-30(25)31)19-21-34(32)37(35)28-15-6-3-7-16-28;1-36(29-12-4-2-5-13-29)31-19-21-35-33(24-31)32-23-28(27-17-16-25-10-8-9-11-26(25)22-27)18-20-34(32)37(35)30-14-6-3-7-15-30;1-32(25-13-7-3-8-14-25)27-18-20-31-29(22-27)28-21-24(23-11-5-2-6-12-23)17-19-30(28)33(31)26-15-9-4-10-16-26/h2*2-24H,1H3;2-22H,1H3. The minimum atomic E-state index is 1.17. The molecule has 0 N–H and O–H groups in total. The minimum Gasteiger partial charge on any atom is -0.345 e. The van der Waals surface area contributed by atoms with Gasteiger partial charge in [-0.25, -0.2) is 0 Å². The van der Waals surface area contributed by atoms with E-state index in [2.05, 4.69) is 456 Å². The fraction of sp³-hybridized carbons (Fsp3) is 0.0297. The van der Waals surface area contributed by atoms with Gasteiger partial charge in [-0.3, -0.25) is 0 Å². The van der Waals surface area contributed by atoms with Crippen molar-refractivity contribution in [2.24, 2.45) is 0 Å². The third-order valence-electron chi connectivity index (χ3n) is 21.2. The Balaban J connectivity index is 0.000000114. The van der Waals surface area contributed by atoms with Crippen molar-refractivity contribution in [2.45, 2.75) is 0 Å². The lowest BCUT2D eigenvalue weighted by Gasteiger charge is -2.19. The summed E-state index contributed by atoms with van der Waals surface area (Å²) >= 11 is 0. The van der Waals surface area contributed by atoms with Gasteiger partial charge in [0.2, 0.25) is 0 Å². The summed E-state index contributed by atoms with van der Waals surface area (Å²) in [4.78, 5) is 6.74. The fourth-order valence-corrected chi connectivity index (χ4v) is 15.6. The van der Waals surface area contributed by atoms with Crippen molar-refractivity contribution in [1.82, 2.24) is 13.7 Å². The fourth-order valence-electron chi connectivity index (χ4n) is 15.6. The lowest BCUT2D eigenvalue weighted by atomic mass is 9.97. The zero-order valence-electron chi connectivity index (χ0n) is 59.9. The molecule has 3 aromatic heterocycles. The zero-order valence-corrected chi connectivity index (χ0v) is 59.9. The zero-order chi connectivity index (χ0) is 71.7. The Labute approximate surface area is 623 Å². The van der Waals surface area contributed by atoms with Gasteiger partial charge in [0.1, 0.15) is 0 Å². The number of para-hydroxylation sites is 6. The molecule has 0 amide bonds. The maximum atomic E-state index is 2.38. The van der Waals surface area contributed by atoms with Gasteiger partial charge in [-0.2, -0.15) is 0 Å². The van der Waals surface area contributed by atoms with Crippen LogP contribution in [0.3, 0.4) is 0 Å². The first-order valence-corrected chi connectivity index (χ1v) is 36.6. The molecule has 0 radical (unpaired) electrons. The van der Waals surface area contributed by atoms with Crippen LogP contribution in [0.2, 0.25) is 0 Å². The highest BCUT2D eigenvalue weighted by Crippen LogP contribution is 2.43. The van der Waals surface area contributed by atoms with Crippen molar-refractivity contribution >= 4 is 121 Å².